The Morgan fingerprint density at radius 1 is 0.786 bits per heavy atom. The molecular formula is C54H59N7O9. The fraction of sp³-hybridized carbons (Fsp3) is 0.333. The van der Waals surface area contributed by atoms with E-state index in [0.29, 0.717) is 81.8 Å². The fourth-order valence-electron chi connectivity index (χ4n) is 9.12. The number of hydrogen-bond donors (Lipinski definition) is 4. The van der Waals surface area contributed by atoms with Gasteiger partial charge in [-0.25, -0.2) is 0 Å². The number of unbranched alkanes of at least 4 members (excludes halogenated alkanes) is 2. The topological polar surface area (TPSA) is 189 Å². The van der Waals surface area contributed by atoms with Gasteiger partial charge in [-0.05, 0) is 105 Å². The van der Waals surface area contributed by atoms with Gasteiger partial charge in [0.2, 0.25) is 17.7 Å². The molecule has 0 saturated carbocycles. The van der Waals surface area contributed by atoms with Crippen molar-refractivity contribution in [2.45, 2.75) is 90.6 Å². The number of carbonyl (C=O) groups excluding carboxylic acids is 5. The highest BCUT2D eigenvalue weighted by molar-refractivity contribution is 6.13. The van der Waals surface area contributed by atoms with Crippen LogP contribution in [0.5, 0.6) is 23.0 Å². The Kier molecular flexibility index (Phi) is 15.0. The van der Waals surface area contributed by atoms with Crippen LogP contribution in [0.15, 0.2) is 96.0 Å². The Balaban J connectivity index is 1.03. The average molecular weight is 950 g/mol. The Hall–Kier alpha value is -7.88. The molecule has 16 heteroatoms. The molecule has 8 rings (SSSR count). The van der Waals surface area contributed by atoms with Crippen LogP contribution >= 0.6 is 0 Å². The van der Waals surface area contributed by atoms with Crippen molar-refractivity contribution in [3.05, 3.63) is 124 Å². The van der Waals surface area contributed by atoms with E-state index in [1.165, 1.54) is 14.2 Å². The van der Waals surface area contributed by atoms with E-state index >= 15 is 0 Å². The van der Waals surface area contributed by atoms with E-state index in [1.54, 1.807) is 55.1 Å². The highest BCUT2D eigenvalue weighted by Crippen LogP contribution is 2.42. The quantitative estimate of drug-likeness (QED) is 0.0468. The number of carbonyl (C=O) groups is 5. The predicted octanol–water partition coefficient (Wildman–Crippen LogP) is 7.92. The second-order valence-electron chi connectivity index (χ2n) is 17.7. The number of rotatable bonds is 19. The standard InChI is InChI=1S/C54H59N7O9/c1-7-8-9-18-50(62)57-32(2)51(63)58-33(3)52(64)59-38-22-34(30-69-48-27-42(55-4)40(25-46(48)67-5)53(65)60-20-19-36-14-10-12-16-44(36)60)21-35(23-38)31-70-49-28-43-41(26-47(49)68-6)54(66)61-39(29-56-43)24-37-15-11-13-17-45(37)61/h10-17,21-23,25-28,32-33,39,56H,4,7-9,18-20,24,29-31H2,1-3,5-6H3,(H,57,62)(H,58,63)(H,59,64)/t32-,33?,39?/m0/s1. The summed E-state index contributed by atoms with van der Waals surface area (Å²) < 4.78 is 24.3. The summed E-state index contributed by atoms with van der Waals surface area (Å²) in [6.45, 7) is 9.97. The minimum Gasteiger partial charge on any atom is -0.493 e. The lowest BCUT2D eigenvalue weighted by Gasteiger charge is -2.22. The molecule has 70 heavy (non-hydrogen) atoms. The van der Waals surface area contributed by atoms with Gasteiger partial charge in [-0.2, -0.15) is 0 Å². The largest absolute Gasteiger partial charge is 0.493 e. The number of fused-ring (bicyclic) bond motifs is 5. The molecule has 3 aliphatic heterocycles. The molecule has 0 aromatic heterocycles. The van der Waals surface area contributed by atoms with Crippen LogP contribution in [0, 0.1) is 0 Å². The molecule has 0 bridgehead atoms. The van der Waals surface area contributed by atoms with Crippen LogP contribution in [0.3, 0.4) is 0 Å². The zero-order valence-electron chi connectivity index (χ0n) is 40.2. The number of nitrogens with one attached hydrogen (secondary N) is 4. The molecule has 3 aliphatic rings. The Morgan fingerprint density at radius 3 is 2.14 bits per heavy atom. The summed E-state index contributed by atoms with van der Waals surface area (Å²) in [7, 11) is 3.00. The average Bonchev–Trinajstić information content (AvgIpc) is 3.94. The van der Waals surface area contributed by atoms with E-state index in [4.69, 9.17) is 18.9 Å². The number of para-hydroxylation sites is 2. The van der Waals surface area contributed by atoms with Gasteiger partial charge >= 0.3 is 0 Å². The molecule has 16 nitrogen and oxygen atoms in total. The van der Waals surface area contributed by atoms with E-state index in [2.05, 4.69) is 39.0 Å². The van der Waals surface area contributed by atoms with E-state index in [9.17, 15) is 24.0 Å². The first-order valence-electron chi connectivity index (χ1n) is 23.6. The smallest absolute Gasteiger partial charge is 0.260 e. The highest BCUT2D eigenvalue weighted by Gasteiger charge is 2.38. The van der Waals surface area contributed by atoms with Crippen LogP contribution in [0.4, 0.5) is 28.4 Å². The number of amides is 5. The van der Waals surface area contributed by atoms with Crippen LogP contribution in [0.1, 0.15) is 89.4 Å². The van der Waals surface area contributed by atoms with Gasteiger partial charge in [-0.15, -0.1) is 0 Å². The maximum Gasteiger partial charge on any atom is 0.260 e. The maximum absolute atomic E-state index is 14.1. The van der Waals surface area contributed by atoms with Crippen molar-refractivity contribution in [3.8, 4) is 23.0 Å². The van der Waals surface area contributed by atoms with Gasteiger partial charge in [0.05, 0.1) is 42.8 Å². The monoisotopic (exact) mass is 949 g/mol. The molecule has 3 heterocycles. The normalized spacial score (nSPS) is 15.2. The summed E-state index contributed by atoms with van der Waals surface area (Å²) in [5.41, 5.74) is 7.31. The molecule has 0 aliphatic carbocycles. The second-order valence-corrected chi connectivity index (χ2v) is 17.7. The van der Waals surface area contributed by atoms with Gasteiger partial charge in [0, 0.05) is 48.7 Å². The molecule has 0 radical (unpaired) electrons. The molecule has 0 saturated heterocycles. The van der Waals surface area contributed by atoms with Crippen molar-refractivity contribution in [3.63, 3.8) is 0 Å². The third-order valence-electron chi connectivity index (χ3n) is 12.8. The van der Waals surface area contributed by atoms with Crippen LogP contribution in [-0.2, 0) is 40.4 Å². The fourth-order valence-corrected chi connectivity index (χ4v) is 9.12. The van der Waals surface area contributed by atoms with E-state index in [0.717, 1.165) is 54.6 Å². The van der Waals surface area contributed by atoms with Crippen molar-refractivity contribution in [1.29, 1.82) is 0 Å². The molecule has 0 fully saturated rings. The first-order valence-corrected chi connectivity index (χ1v) is 23.6. The van der Waals surface area contributed by atoms with Crippen LogP contribution in [0.2, 0.25) is 0 Å². The van der Waals surface area contributed by atoms with Crippen LogP contribution in [-0.4, -0.2) is 81.7 Å². The van der Waals surface area contributed by atoms with Crippen molar-refractivity contribution < 1.29 is 42.9 Å². The molecule has 364 valence electrons. The summed E-state index contributed by atoms with van der Waals surface area (Å²) in [6.07, 6.45) is 4.40. The first kappa shape index (κ1) is 48.6. The molecule has 5 amide bonds. The number of ether oxygens (including phenoxy) is 4. The maximum atomic E-state index is 14.1. The SMILES string of the molecule is C=Nc1cc(OCc2cc(COc3cc4c(cc3OC)C(=O)N3c5ccccc5CC3CN4)cc(NC(=O)C(C)NC(=O)[C@H](C)NC(=O)CCCCC)c2)c(OC)cc1C(=O)N1CCc2ccccc21. The molecule has 5 aromatic carbocycles. The third kappa shape index (κ3) is 10.6. The molecule has 4 N–H and O–H groups in total. The summed E-state index contributed by atoms with van der Waals surface area (Å²) in [6, 6.07) is 25.9. The number of methoxy groups -OCH3 is 2. The Labute approximate surface area is 407 Å². The van der Waals surface area contributed by atoms with Crippen LogP contribution < -0.4 is 50.0 Å². The number of nitrogens with zero attached hydrogens (tertiary/aromatic N) is 3. The predicted molar refractivity (Wildman–Crippen MR) is 269 cm³/mol. The van der Waals surface area contributed by atoms with Crippen molar-refractivity contribution in [1.82, 2.24) is 10.6 Å². The molecule has 2 unspecified atom stereocenters. The van der Waals surface area contributed by atoms with Gasteiger partial charge < -0.3 is 50.0 Å². The van der Waals surface area contributed by atoms with Gasteiger partial charge in [-0.1, -0.05) is 56.2 Å². The first-order chi connectivity index (χ1) is 33.9. The molecule has 0 spiro atoms. The zero-order valence-corrected chi connectivity index (χ0v) is 40.2. The lowest BCUT2D eigenvalue weighted by Crippen LogP contribution is -2.50. The lowest BCUT2D eigenvalue weighted by molar-refractivity contribution is -0.130. The van der Waals surface area contributed by atoms with E-state index in [-0.39, 0.29) is 37.0 Å². The summed E-state index contributed by atoms with van der Waals surface area (Å²) in [5.74, 6) is -0.247. The number of benzene rings is 5. The highest BCUT2D eigenvalue weighted by atomic mass is 16.5. The van der Waals surface area contributed by atoms with Crippen molar-refractivity contribution in [2.24, 2.45) is 4.99 Å². The van der Waals surface area contributed by atoms with Gasteiger partial charge in [0.1, 0.15) is 25.3 Å². The Morgan fingerprint density at radius 2 is 1.44 bits per heavy atom. The van der Waals surface area contributed by atoms with Gasteiger partial charge in [0.25, 0.3) is 11.8 Å². The minimum absolute atomic E-state index is 0.00791. The van der Waals surface area contributed by atoms with Crippen molar-refractivity contribution in [2.75, 3.05) is 47.7 Å². The van der Waals surface area contributed by atoms with Gasteiger partial charge in [0.15, 0.2) is 23.0 Å². The number of hydrogen-bond acceptors (Lipinski definition) is 11. The lowest BCUT2D eigenvalue weighted by atomic mass is 10.1. The van der Waals surface area contributed by atoms with E-state index < -0.39 is 23.9 Å². The molecule has 5 aromatic rings. The summed E-state index contributed by atoms with van der Waals surface area (Å²) >= 11 is 0. The van der Waals surface area contributed by atoms with E-state index in [1.807, 2.05) is 60.4 Å². The van der Waals surface area contributed by atoms with Crippen molar-refractivity contribution >= 4 is 64.7 Å². The zero-order chi connectivity index (χ0) is 49.5. The summed E-state index contributed by atoms with van der Waals surface area (Å²) in [4.78, 5) is 74.9. The number of anilines is 4. The third-order valence-corrected chi connectivity index (χ3v) is 12.8. The second kappa shape index (κ2) is 21.6. The molecule has 3 atom stereocenters. The molecular weight excluding hydrogens is 891 g/mol. The summed E-state index contributed by atoms with van der Waals surface area (Å²) in [5, 5.41) is 11.8. The van der Waals surface area contributed by atoms with Gasteiger partial charge in [-0.3, -0.25) is 29.0 Å². The Bertz CT molecular complexity index is 2830. The number of aliphatic imine (C=N–C) groups is 1. The van der Waals surface area contributed by atoms with Crippen LogP contribution in [0.25, 0.3) is 0 Å². The minimum atomic E-state index is -0.973.